The monoisotopic (exact) mass is 289 g/mol. The first-order valence-electron chi connectivity index (χ1n) is 6.68. The van der Waals surface area contributed by atoms with Gasteiger partial charge in [0, 0.05) is 5.02 Å². The molecule has 3 rings (SSSR count). The highest BCUT2D eigenvalue weighted by molar-refractivity contribution is 6.30. The second-order valence-electron chi connectivity index (χ2n) is 4.65. The minimum absolute atomic E-state index is 0.122. The van der Waals surface area contributed by atoms with Gasteiger partial charge in [-0.2, -0.15) is 0 Å². The Morgan fingerprint density at radius 1 is 1.25 bits per heavy atom. The summed E-state index contributed by atoms with van der Waals surface area (Å²) in [7, 11) is 0. The van der Waals surface area contributed by atoms with Crippen LogP contribution in [0.5, 0.6) is 11.5 Å². The minimum Gasteiger partial charge on any atom is -0.494 e. The topological polar surface area (TPSA) is 30.5 Å². The smallest absolute Gasteiger partial charge is 0.142 e. The third kappa shape index (κ3) is 2.68. The molecule has 0 bridgehead atoms. The van der Waals surface area contributed by atoms with E-state index in [2.05, 4.69) is 17.4 Å². The summed E-state index contributed by atoms with van der Waals surface area (Å²) in [5.74, 6) is 1.73. The first kappa shape index (κ1) is 13.1. The Morgan fingerprint density at radius 3 is 2.80 bits per heavy atom. The Labute approximate surface area is 123 Å². The van der Waals surface area contributed by atoms with Crippen LogP contribution < -0.4 is 14.8 Å². The number of anilines is 1. The van der Waals surface area contributed by atoms with Gasteiger partial charge in [-0.05, 0) is 42.8 Å². The molecule has 0 spiro atoms. The molecule has 0 saturated heterocycles. The zero-order valence-corrected chi connectivity index (χ0v) is 12.0. The van der Waals surface area contributed by atoms with E-state index in [1.807, 2.05) is 37.3 Å². The van der Waals surface area contributed by atoms with Gasteiger partial charge in [-0.25, -0.2) is 0 Å². The predicted molar refractivity (Wildman–Crippen MR) is 80.9 cm³/mol. The van der Waals surface area contributed by atoms with Crippen molar-refractivity contribution in [3.63, 3.8) is 0 Å². The second-order valence-corrected chi connectivity index (χ2v) is 5.09. The number of hydrogen-bond acceptors (Lipinski definition) is 3. The lowest BCUT2D eigenvalue weighted by Gasteiger charge is -2.28. The number of hydrogen-bond donors (Lipinski definition) is 1. The van der Waals surface area contributed by atoms with Crippen molar-refractivity contribution in [1.82, 2.24) is 0 Å². The molecule has 1 atom stereocenters. The molecule has 3 nitrogen and oxygen atoms in total. The number of rotatable bonds is 3. The summed E-state index contributed by atoms with van der Waals surface area (Å²) in [5, 5.41) is 4.16. The van der Waals surface area contributed by atoms with Crippen LogP contribution >= 0.6 is 11.6 Å². The first-order valence-corrected chi connectivity index (χ1v) is 7.05. The summed E-state index contributed by atoms with van der Waals surface area (Å²) in [4.78, 5) is 0. The Morgan fingerprint density at radius 2 is 2.05 bits per heavy atom. The third-order valence-electron chi connectivity index (χ3n) is 3.27. The molecule has 0 radical (unpaired) electrons. The Kier molecular flexibility index (Phi) is 3.70. The lowest BCUT2D eigenvalue weighted by atomic mass is 10.1. The van der Waals surface area contributed by atoms with Crippen LogP contribution in [0.2, 0.25) is 5.02 Å². The molecule has 0 saturated carbocycles. The number of fused-ring (bicyclic) bond motifs is 1. The highest BCUT2D eigenvalue weighted by Gasteiger charge is 2.20. The van der Waals surface area contributed by atoms with Crippen LogP contribution in [0.1, 0.15) is 18.5 Å². The molecular weight excluding hydrogens is 274 g/mol. The lowest BCUT2D eigenvalue weighted by molar-refractivity contribution is 0.286. The highest BCUT2D eigenvalue weighted by Crippen LogP contribution is 2.35. The molecule has 0 aliphatic carbocycles. The molecule has 2 aromatic rings. The number of halogens is 1. The largest absolute Gasteiger partial charge is 0.494 e. The van der Waals surface area contributed by atoms with Crippen molar-refractivity contribution in [2.75, 3.05) is 18.5 Å². The summed E-state index contributed by atoms with van der Waals surface area (Å²) < 4.78 is 11.2. The van der Waals surface area contributed by atoms with Crippen molar-refractivity contribution in [2.24, 2.45) is 0 Å². The maximum atomic E-state index is 6.01. The molecule has 20 heavy (non-hydrogen) atoms. The lowest BCUT2D eigenvalue weighted by Crippen LogP contribution is -2.23. The Bertz CT molecular complexity index is 598. The van der Waals surface area contributed by atoms with Crippen LogP contribution in [0, 0.1) is 0 Å². The summed E-state index contributed by atoms with van der Waals surface area (Å²) >= 11 is 6.01. The van der Waals surface area contributed by atoms with Crippen LogP contribution in [-0.4, -0.2) is 13.2 Å². The molecular formula is C16H16ClNO2. The molecule has 1 aliphatic rings. The molecule has 2 aromatic carbocycles. The van der Waals surface area contributed by atoms with Crippen molar-refractivity contribution in [2.45, 2.75) is 13.0 Å². The molecule has 1 heterocycles. The molecule has 1 N–H and O–H groups in total. The summed E-state index contributed by atoms with van der Waals surface area (Å²) in [6, 6.07) is 13.8. The maximum absolute atomic E-state index is 6.01. The Balaban J connectivity index is 1.79. The summed E-state index contributed by atoms with van der Waals surface area (Å²) in [6.07, 6.45) is 0. The van der Waals surface area contributed by atoms with E-state index >= 15 is 0 Å². The molecule has 0 amide bonds. The van der Waals surface area contributed by atoms with E-state index in [1.54, 1.807) is 0 Å². The van der Waals surface area contributed by atoms with Crippen molar-refractivity contribution in [3.8, 4) is 11.5 Å². The van der Waals surface area contributed by atoms with Crippen molar-refractivity contribution in [3.05, 3.63) is 53.1 Å². The van der Waals surface area contributed by atoms with Crippen LogP contribution in [-0.2, 0) is 0 Å². The SMILES string of the molecule is CCOc1ccc(C2COc3ccc(Cl)cc3N2)cc1. The molecule has 1 unspecified atom stereocenters. The van der Waals surface area contributed by atoms with Gasteiger partial charge in [0.25, 0.3) is 0 Å². The van der Waals surface area contributed by atoms with Crippen LogP contribution in [0.3, 0.4) is 0 Å². The minimum atomic E-state index is 0.122. The number of benzene rings is 2. The highest BCUT2D eigenvalue weighted by atomic mass is 35.5. The van der Waals surface area contributed by atoms with Gasteiger partial charge in [-0.15, -0.1) is 0 Å². The molecule has 4 heteroatoms. The second kappa shape index (κ2) is 5.63. The van der Waals surface area contributed by atoms with E-state index in [4.69, 9.17) is 21.1 Å². The van der Waals surface area contributed by atoms with Gasteiger partial charge in [0.05, 0.1) is 18.3 Å². The normalized spacial score (nSPS) is 16.8. The van der Waals surface area contributed by atoms with E-state index in [0.717, 1.165) is 17.2 Å². The number of nitrogens with one attached hydrogen (secondary N) is 1. The maximum Gasteiger partial charge on any atom is 0.142 e. The van der Waals surface area contributed by atoms with Crippen LogP contribution in [0.15, 0.2) is 42.5 Å². The van der Waals surface area contributed by atoms with Gasteiger partial charge in [0.15, 0.2) is 0 Å². The third-order valence-corrected chi connectivity index (χ3v) is 3.51. The quantitative estimate of drug-likeness (QED) is 0.914. The molecule has 1 aliphatic heterocycles. The van der Waals surface area contributed by atoms with E-state index in [-0.39, 0.29) is 6.04 Å². The van der Waals surface area contributed by atoms with E-state index < -0.39 is 0 Å². The summed E-state index contributed by atoms with van der Waals surface area (Å²) in [6.45, 7) is 3.25. The van der Waals surface area contributed by atoms with Crippen molar-refractivity contribution in [1.29, 1.82) is 0 Å². The fraction of sp³-hybridized carbons (Fsp3) is 0.250. The van der Waals surface area contributed by atoms with Gasteiger partial charge in [0.2, 0.25) is 0 Å². The van der Waals surface area contributed by atoms with Crippen molar-refractivity contribution >= 4 is 17.3 Å². The van der Waals surface area contributed by atoms with E-state index in [1.165, 1.54) is 5.56 Å². The van der Waals surface area contributed by atoms with Crippen LogP contribution in [0.25, 0.3) is 0 Å². The van der Waals surface area contributed by atoms with Gasteiger partial charge in [-0.3, -0.25) is 0 Å². The fourth-order valence-corrected chi connectivity index (χ4v) is 2.46. The zero-order chi connectivity index (χ0) is 13.9. The average molecular weight is 290 g/mol. The van der Waals surface area contributed by atoms with Gasteiger partial charge >= 0.3 is 0 Å². The van der Waals surface area contributed by atoms with Gasteiger partial charge in [0.1, 0.15) is 18.1 Å². The fourth-order valence-electron chi connectivity index (χ4n) is 2.29. The standard InChI is InChI=1S/C16H16ClNO2/c1-2-19-13-6-3-11(4-7-13)15-10-20-16-8-5-12(17)9-14(16)18-15/h3-9,15,18H,2,10H2,1H3. The molecule has 0 aromatic heterocycles. The number of ether oxygens (including phenoxy) is 2. The average Bonchev–Trinajstić information content (AvgIpc) is 2.47. The summed E-state index contributed by atoms with van der Waals surface area (Å²) in [5.41, 5.74) is 2.10. The van der Waals surface area contributed by atoms with Crippen LogP contribution in [0.4, 0.5) is 5.69 Å². The van der Waals surface area contributed by atoms with Crippen molar-refractivity contribution < 1.29 is 9.47 Å². The van der Waals surface area contributed by atoms with E-state index in [9.17, 15) is 0 Å². The zero-order valence-electron chi connectivity index (χ0n) is 11.2. The Hall–Kier alpha value is -1.87. The first-order chi connectivity index (χ1) is 9.76. The molecule has 0 fully saturated rings. The van der Waals surface area contributed by atoms with E-state index in [0.29, 0.717) is 18.2 Å². The molecule has 104 valence electrons. The van der Waals surface area contributed by atoms with Gasteiger partial charge in [-0.1, -0.05) is 23.7 Å². The van der Waals surface area contributed by atoms with Gasteiger partial charge < -0.3 is 14.8 Å². The predicted octanol–water partition coefficient (Wildman–Crippen LogP) is 4.28.